The number of halogens is 2. The summed E-state index contributed by atoms with van der Waals surface area (Å²) >= 11 is 0. The predicted octanol–water partition coefficient (Wildman–Crippen LogP) is 0.692. The second kappa shape index (κ2) is 7.35. The molecule has 0 aromatic carbocycles. The van der Waals surface area contributed by atoms with Gasteiger partial charge in [0.15, 0.2) is 0 Å². The van der Waals surface area contributed by atoms with Crippen molar-refractivity contribution in [1.82, 2.24) is 10.6 Å². The molecule has 132 valence electrons. The Labute approximate surface area is 133 Å². The second-order valence-electron chi connectivity index (χ2n) is 5.64. The molecule has 2 atom stereocenters. The molecule has 1 saturated carbocycles. The summed E-state index contributed by atoms with van der Waals surface area (Å²) in [5.74, 6) is -2.55. The van der Waals surface area contributed by atoms with Crippen LogP contribution in [0.3, 0.4) is 0 Å². The van der Waals surface area contributed by atoms with Crippen molar-refractivity contribution in [1.29, 1.82) is 0 Å². The molecule has 0 aliphatic heterocycles. The number of rotatable bonds is 7. The quantitative estimate of drug-likeness (QED) is 0.460. The Hall–Kier alpha value is -1.55. The van der Waals surface area contributed by atoms with Gasteiger partial charge >= 0.3 is 21.3 Å². The zero-order chi connectivity index (χ0) is 17.8. The van der Waals surface area contributed by atoms with E-state index in [1.807, 2.05) is 5.32 Å². The van der Waals surface area contributed by atoms with Gasteiger partial charge in [0.05, 0.1) is 0 Å². The molecule has 7 nitrogen and oxygen atoms in total. The van der Waals surface area contributed by atoms with Gasteiger partial charge in [-0.2, -0.15) is 17.2 Å². The van der Waals surface area contributed by atoms with Crippen LogP contribution in [0.25, 0.3) is 0 Å². The molecule has 2 amide bonds. The molecular formula is C13H20F2N2O5S. The third-order valence-corrected chi connectivity index (χ3v) is 4.68. The number of alkyl halides is 2. The lowest BCUT2D eigenvalue weighted by Crippen LogP contribution is -2.47. The van der Waals surface area contributed by atoms with Crippen LogP contribution < -0.4 is 10.6 Å². The fourth-order valence-corrected chi connectivity index (χ4v) is 2.78. The van der Waals surface area contributed by atoms with Gasteiger partial charge in [-0.25, -0.2) is 0 Å². The smallest absolute Gasteiger partial charge is 0.352 e. The Balaban J connectivity index is 2.55. The van der Waals surface area contributed by atoms with E-state index in [-0.39, 0.29) is 24.3 Å². The third kappa shape index (κ3) is 4.96. The van der Waals surface area contributed by atoms with E-state index >= 15 is 0 Å². The minimum absolute atomic E-state index is 0.0158. The van der Waals surface area contributed by atoms with E-state index in [0.29, 0.717) is 18.5 Å². The van der Waals surface area contributed by atoms with Gasteiger partial charge in [-0.1, -0.05) is 13.0 Å². The first-order chi connectivity index (χ1) is 10.5. The van der Waals surface area contributed by atoms with Crippen molar-refractivity contribution in [2.75, 3.05) is 13.1 Å². The fourth-order valence-electron chi connectivity index (χ4n) is 2.47. The normalized spacial score (nSPS) is 21.7. The minimum atomic E-state index is -5.80. The first kappa shape index (κ1) is 19.5. The molecule has 0 spiro atoms. The Morgan fingerprint density at radius 1 is 1.22 bits per heavy atom. The number of carbonyl (C=O) groups excluding carboxylic acids is 2. The van der Waals surface area contributed by atoms with E-state index < -0.39 is 21.3 Å². The maximum absolute atomic E-state index is 13.1. The van der Waals surface area contributed by atoms with Crippen molar-refractivity contribution >= 4 is 21.9 Å². The lowest BCUT2D eigenvalue weighted by Gasteiger charge is -2.21. The highest BCUT2D eigenvalue weighted by molar-refractivity contribution is 7.87. The monoisotopic (exact) mass is 354 g/mol. The second-order valence-corrected chi connectivity index (χ2v) is 7.11. The zero-order valence-corrected chi connectivity index (χ0v) is 13.5. The topological polar surface area (TPSA) is 113 Å². The molecule has 0 heterocycles. The molecule has 0 aromatic rings. The molecule has 2 unspecified atom stereocenters. The molecule has 23 heavy (non-hydrogen) atoms. The van der Waals surface area contributed by atoms with Crippen molar-refractivity contribution in [3.8, 4) is 0 Å². The van der Waals surface area contributed by atoms with Crippen LogP contribution in [-0.4, -0.2) is 43.1 Å². The molecule has 3 N–H and O–H groups in total. The summed E-state index contributed by atoms with van der Waals surface area (Å²) in [5.41, 5.74) is 0.348. The van der Waals surface area contributed by atoms with E-state index in [2.05, 4.69) is 11.9 Å². The van der Waals surface area contributed by atoms with E-state index in [1.165, 1.54) is 0 Å². The minimum Gasteiger partial charge on any atom is -0.352 e. The highest BCUT2D eigenvalue weighted by atomic mass is 32.2. The average Bonchev–Trinajstić information content (AvgIpc) is 2.87. The summed E-state index contributed by atoms with van der Waals surface area (Å²) in [4.78, 5) is 22.7. The molecule has 1 aliphatic carbocycles. The molecule has 0 radical (unpaired) electrons. The van der Waals surface area contributed by atoms with Gasteiger partial charge in [0, 0.05) is 18.7 Å². The van der Waals surface area contributed by atoms with Gasteiger partial charge in [-0.15, -0.1) is 0 Å². The first-order valence-corrected chi connectivity index (χ1v) is 8.47. The largest absolute Gasteiger partial charge is 0.446 e. The number of hydrogen-bond donors (Lipinski definition) is 3. The maximum atomic E-state index is 13.1. The van der Waals surface area contributed by atoms with Crippen LogP contribution in [0.4, 0.5) is 8.78 Å². The van der Waals surface area contributed by atoms with Gasteiger partial charge in [0.2, 0.25) is 5.91 Å². The van der Waals surface area contributed by atoms with Gasteiger partial charge in [0.1, 0.15) is 0 Å². The Morgan fingerprint density at radius 3 is 2.13 bits per heavy atom. The lowest BCUT2D eigenvalue weighted by atomic mass is 9.96. The number of hydrogen-bond acceptors (Lipinski definition) is 4. The van der Waals surface area contributed by atoms with Crippen LogP contribution in [0.1, 0.15) is 26.2 Å². The SMILES string of the molecule is C=C(C)C(=O)NCC1CCCC1CNC(=O)C(F)(F)S(=O)(=O)O. The van der Waals surface area contributed by atoms with E-state index in [4.69, 9.17) is 4.55 Å². The standard InChI is InChI=1S/C13H20F2N2O5S/c1-8(2)11(18)16-6-9-4-3-5-10(9)7-17-12(19)13(14,15)23(20,21)22/h9-10H,1,3-7H2,2H3,(H,16,18)(H,17,19)(H,20,21,22). The Bertz CT molecular complexity index is 591. The Morgan fingerprint density at radius 2 is 1.70 bits per heavy atom. The van der Waals surface area contributed by atoms with Crippen molar-refractivity contribution in [2.45, 2.75) is 31.4 Å². The molecular weight excluding hydrogens is 334 g/mol. The fraction of sp³-hybridized carbons (Fsp3) is 0.692. The van der Waals surface area contributed by atoms with Gasteiger partial charge in [-0.3, -0.25) is 14.1 Å². The summed E-state index contributed by atoms with van der Waals surface area (Å²) in [5, 5.41) is -0.365. The summed E-state index contributed by atoms with van der Waals surface area (Å²) < 4.78 is 55.6. The average molecular weight is 354 g/mol. The summed E-state index contributed by atoms with van der Waals surface area (Å²) in [6, 6.07) is 0. The predicted molar refractivity (Wildman–Crippen MR) is 78.2 cm³/mol. The summed E-state index contributed by atoms with van der Waals surface area (Å²) in [6.07, 6.45) is 2.22. The van der Waals surface area contributed by atoms with Gasteiger partial charge in [-0.05, 0) is 31.6 Å². The van der Waals surface area contributed by atoms with Gasteiger partial charge in [0.25, 0.3) is 0 Å². The molecule has 0 bridgehead atoms. The third-order valence-electron chi connectivity index (χ3n) is 3.84. The van der Waals surface area contributed by atoms with Crippen LogP contribution in [0.2, 0.25) is 0 Å². The highest BCUT2D eigenvalue weighted by Gasteiger charge is 2.52. The van der Waals surface area contributed by atoms with Crippen LogP contribution in [0, 0.1) is 11.8 Å². The number of carbonyl (C=O) groups is 2. The molecule has 0 saturated heterocycles. The van der Waals surface area contributed by atoms with Crippen molar-refractivity contribution < 1.29 is 31.3 Å². The van der Waals surface area contributed by atoms with Crippen molar-refractivity contribution in [2.24, 2.45) is 11.8 Å². The van der Waals surface area contributed by atoms with E-state index in [1.54, 1.807) is 6.92 Å². The summed E-state index contributed by atoms with van der Waals surface area (Å²) in [7, 11) is -5.80. The number of nitrogens with one attached hydrogen (secondary N) is 2. The molecule has 1 aliphatic rings. The number of amides is 2. The molecule has 1 rings (SSSR count). The van der Waals surface area contributed by atoms with Crippen LogP contribution in [0.15, 0.2) is 12.2 Å². The first-order valence-electron chi connectivity index (χ1n) is 7.03. The van der Waals surface area contributed by atoms with Crippen molar-refractivity contribution in [3.05, 3.63) is 12.2 Å². The van der Waals surface area contributed by atoms with Crippen LogP contribution >= 0.6 is 0 Å². The van der Waals surface area contributed by atoms with Crippen LogP contribution in [0.5, 0.6) is 0 Å². The van der Waals surface area contributed by atoms with E-state index in [0.717, 1.165) is 12.8 Å². The maximum Gasteiger partial charge on any atom is 0.446 e. The van der Waals surface area contributed by atoms with E-state index in [9.17, 15) is 26.8 Å². The van der Waals surface area contributed by atoms with Crippen molar-refractivity contribution in [3.63, 3.8) is 0 Å². The highest BCUT2D eigenvalue weighted by Crippen LogP contribution is 2.31. The lowest BCUT2D eigenvalue weighted by molar-refractivity contribution is -0.136. The summed E-state index contributed by atoms with van der Waals surface area (Å²) in [6.45, 7) is 5.22. The van der Waals surface area contributed by atoms with Gasteiger partial charge < -0.3 is 10.6 Å². The Kier molecular flexibility index (Phi) is 6.23. The molecule has 0 aromatic heterocycles. The van der Waals surface area contributed by atoms with Crippen LogP contribution in [-0.2, 0) is 19.7 Å². The molecule has 1 fully saturated rings. The molecule has 10 heteroatoms. The zero-order valence-electron chi connectivity index (χ0n) is 12.6.